The Bertz CT molecular complexity index is 1040. The number of hydrogen-bond acceptors (Lipinski definition) is 5. The standard InChI is InChI=1S/C23H20BrN3O2/c1-28-22-9-5-4-7-19(22)15-27-26-14-17-10-11-23(21(24)12-17)29-16-20-8-3-2-6-18(20)13-25/h2-12,14,27H,15-16H2,1H3/b26-14+. The van der Waals surface area contributed by atoms with Gasteiger partial charge in [0, 0.05) is 11.1 Å². The summed E-state index contributed by atoms with van der Waals surface area (Å²) in [4.78, 5) is 0. The second-order valence-electron chi connectivity index (χ2n) is 6.15. The molecule has 146 valence electrons. The van der Waals surface area contributed by atoms with Crippen LogP contribution < -0.4 is 14.9 Å². The Balaban J connectivity index is 1.58. The van der Waals surface area contributed by atoms with Crippen LogP contribution in [0.2, 0.25) is 0 Å². The fraction of sp³-hybridized carbons (Fsp3) is 0.130. The summed E-state index contributed by atoms with van der Waals surface area (Å²) in [5, 5.41) is 13.4. The summed E-state index contributed by atoms with van der Waals surface area (Å²) < 4.78 is 12.0. The highest BCUT2D eigenvalue weighted by Gasteiger charge is 2.05. The first-order valence-corrected chi connectivity index (χ1v) is 9.78. The molecule has 29 heavy (non-hydrogen) atoms. The summed E-state index contributed by atoms with van der Waals surface area (Å²) in [6, 6.07) is 23.1. The van der Waals surface area contributed by atoms with E-state index in [-0.39, 0.29) is 0 Å². The molecule has 0 saturated heterocycles. The van der Waals surface area contributed by atoms with Crippen LogP contribution >= 0.6 is 15.9 Å². The molecule has 0 heterocycles. The average Bonchev–Trinajstić information content (AvgIpc) is 2.76. The van der Waals surface area contributed by atoms with Crippen molar-refractivity contribution in [1.29, 1.82) is 5.26 Å². The third-order valence-electron chi connectivity index (χ3n) is 4.24. The van der Waals surface area contributed by atoms with Crippen molar-refractivity contribution in [3.8, 4) is 17.6 Å². The van der Waals surface area contributed by atoms with Crippen LogP contribution in [-0.2, 0) is 13.2 Å². The van der Waals surface area contributed by atoms with Gasteiger partial charge in [0.2, 0.25) is 0 Å². The van der Waals surface area contributed by atoms with Crippen LogP contribution in [0.1, 0.15) is 22.3 Å². The van der Waals surface area contributed by atoms with Crippen molar-refractivity contribution in [1.82, 2.24) is 5.43 Å². The van der Waals surface area contributed by atoms with Gasteiger partial charge in [0.1, 0.15) is 18.1 Å². The second-order valence-corrected chi connectivity index (χ2v) is 7.01. The molecular formula is C23H20BrN3O2. The summed E-state index contributed by atoms with van der Waals surface area (Å²) in [5.74, 6) is 1.54. The van der Waals surface area contributed by atoms with Crippen LogP contribution in [-0.4, -0.2) is 13.3 Å². The van der Waals surface area contributed by atoms with Gasteiger partial charge in [-0.05, 0) is 51.8 Å². The SMILES string of the molecule is COc1ccccc1CN/N=C/c1ccc(OCc2ccccc2C#N)c(Br)c1. The minimum Gasteiger partial charge on any atom is -0.496 e. The molecule has 3 aromatic carbocycles. The van der Waals surface area contributed by atoms with Crippen LogP contribution in [0.3, 0.4) is 0 Å². The molecule has 0 spiro atoms. The number of para-hydroxylation sites is 1. The number of halogens is 1. The number of methoxy groups -OCH3 is 1. The highest BCUT2D eigenvalue weighted by molar-refractivity contribution is 9.10. The van der Waals surface area contributed by atoms with Gasteiger partial charge in [-0.2, -0.15) is 10.4 Å². The first-order valence-electron chi connectivity index (χ1n) is 8.99. The van der Waals surface area contributed by atoms with Crippen molar-refractivity contribution in [3.05, 3.63) is 93.5 Å². The molecule has 0 saturated carbocycles. The maximum atomic E-state index is 9.17. The maximum Gasteiger partial charge on any atom is 0.134 e. The molecule has 3 aromatic rings. The van der Waals surface area contributed by atoms with E-state index in [9.17, 15) is 0 Å². The zero-order valence-corrected chi connectivity index (χ0v) is 17.5. The molecule has 0 radical (unpaired) electrons. The average molecular weight is 450 g/mol. The van der Waals surface area contributed by atoms with Crippen molar-refractivity contribution >= 4 is 22.1 Å². The molecule has 0 fully saturated rings. The minimum absolute atomic E-state index is 0.330. The summed E-state index contributed by atoms with van der Waals surface area (Å²) in [6.45, 7) is 0.900. The molecule has 1 N–H and O–H groups in total. The van der Waals surface area contributed by atoms with Crippen molar-refractivity contribution in [2.24, 2.45) is 5.10 Å². The molecule has 6 heteroatoms. The lowest BCUT2D eigenvalue weighted by atomic mass is 10.1. The van der Waals surface area contributed by atoms with Gasteiger partial charge in [0.15, 0.2) is 0 Å². The highest BCUT2D eigenvalue weighted by atomic mass is 79.9. The minimum atomic E-state index is 0.330. The highest BCUT2D eigenvalue weighted by Crippen LogP contribution is 2.26. The molecule has 0 bridgehead atoms. The van der Waals surface area contributed by atoms with Gasteiger partial charge in [0.25, 0.3) is 0 Å². The van der Waals surface area contributed by atoms with Crippen LogP contribution in [0.4, 0.5) is 0 Å². The lowest BCUT2D eigenvalue weighted by Gasteiger charge is -2.10. The second kappa shape index (κ2) is 10.3. The Hall–Kier alpha value is -3.30. The van der Waals surface area contributed by atoms with Crippen molar-refractivity contribution in [2.45, 2.75) is 13.2 Å². The number of rotatable bonds is 8. The third-order valence-corrected chi connectivity index (χ3v) is 4.86. The fourth-order valence-electron chi connectivity index (χ4n) is 2.73. The Morgan fingerprint density at radius 2 is 1.79 bits per heavy atom. The van der Waals surface area contributed by atoms with Gasteiger partial charge in [-0.1, -0.05) is 36.4 Å². The largest absolute Gasteiger partial charge is 0.496 e. The van der Waals surface area contributed by atoms with E-state index >= 15 is 0 Å². The zero-order valence-electron chi connectivity index (χ0n) is 15.9. The molecule has 0 aromatic heterocycles. The molecule has 0 aliphatic carbocycles. The summed E-state index contributed by atoms with van der Waals surface area (Å²) in [5.41, 5.74) is 6.47. The number of ether oxygens (including phenoxy) is 2. The van der Waals surface area contributed by atoms with E-state index in [1.165, 1.54) is 0 Å². The number of nitriles is 1. The molecule has 0 aliphatic heterocycles. The summed E-state index contributed by atoms with van der Waals surface area (Å²) in [6.07, 6.45) is 1.74. The van der Waals surface area contributed by atoms with E-state index in [2.05, 4.69) is 32.5 Å². The fourth-order valence-corrected chi connectivity index (χ4v) is 3.24. The molecule has 0 amide bonds. The lowest BCUT2D eigenvalue weighted by Crippen LogP contribution is -2.06. The Morgan fingerprint density at radius 1 is 1.03 bits per heavy atom. The Labute approximate surface area is 178 Å². The van der Waals surface area contributed by atoms with E-state index in [0.717, 1.165) is 26.9 Å². The zero-order chi connectivity index (χ0) is 20.5. The van der Waals surface area contributed by atoms with E-state index in [1.54, 1.807) is 19.4 Å². The van der Waals surface area contributed by atoms with Crippen LogP contribution in [0.5, 0.6) is 11.5 Å². The van der Waals surface area contributed by atoms with Crippen molar-refractivity contribution in [2.75, 3.05) is 7.11 Å². The summed E-state index contributed by atoms with van der Waals surface area (Å²) >= 11 is 3.53. The lowest BCUT2D eigenvalue weighted by molar-refractivity contribution is 0.304. The monoisotopic (exact) mass is 449 g/mol. The molecule has 0 unspecified atom stereocenters. The van der Waals surface area contributed by atoms with Gasteiger partial charge < -0.3 is 14.9 Å². The van der Waals surface area contributed by atoms with E-state index in [4.69, 9.17) is 14.7 Å². The smallest absolute Gasteiger partial charge is 0.134 e. The number of nitrogens with one attached hydrogen (secondary N) is 1. The van der Waals surface area contributed by atoms with E-state index in [1.807, 2.05) is 60.7 Å². The number of benzene rings is 3. The molecule has 0 aliphatic rings. The first-order chi connectivity index (χ1) is 14.2. The topological polar surface area (TPSA) is 66.6 Å². The first kappa shape index (κ1) is 20.4. The predicted molar refractivity (Wildman–Crippen MR) is 117 cm³/mol. The van der Waals surface area contributed by atoms with E-state index < -0.39 is 0 Å². The molecular weight excluding hydrogens is 430 g/mol. The van der Waals surface area contributed by atoms with Crippen molar-refractivity contribution in [3.63, 3.8) is 0 Å². The van der Waals surface area contributed by atoms with Crippen molar-refractivity contribution < 1.29 is 9.47 Å². The number of hydrogen-bond donors (Lipinski definition) is 1. The predicted octanol–water partition coefficient (Wildman–Crippen LogP) is 5.03. The number of nitrogens with zero attached hydrogens (tertiary/aromatic N) is 2. The number of hydrazone groups is 1. The van der Waals surface area contributed by atoms with Gasteiger partial charge in [-0.25, -0.2) is 0 Å². The van der Waals surface area contributed by atoms with Crippen LogP contribution in [0.25, 0.3) is 0 Å². The Morgan fingerprint density at radius 3 is 2.55 bits per heavy atom. The van der Waals surface area contributed by atoms with Gasteiger partial charge in [-0.3, -0.25) is 0 Å². The quantitative estimate of drug-likeness (QED) is 0.386. The van der Waals surface area contributed by atoms with Gasteiger partial charge >= 0.3 is 0 Å². The third kappa shape index (κ3) is 5.59. The van der Waals surface area contributed by atoms with Gasteiger partial charge in [-0.15, -0.1) is 0 Å². The Kier molecular flexibility index (Phi) is 7.26. The molecule has 3 rings (SSSR count). The maximum absolute atomic E-state index is 9.17. The molecule has 5 nitrogen and oxygen atoms in total. The molecule has 0 atom stereocenters. The van der Waals surface area contributed by atoms with Crippen LogP contribution in [0, 0.1) is 11.3 Å². The van der Waals surface area contributed by atoms with Gasteiger partial charge in [0.05, 0.1) is 36.0 Å². The van der Waals surface area contributed by atoms with Crippen LogP contribution in [0.15, 0.2) is 76.3 Å². The normalized spacial score (nSPS) is 10.5. The summed E-state index contributed by atoms with van der Waals surface area (Å²) in [7, 11) is 1.65. The van der Waals surface area contributed by atoms with E-state index in [0.29, 0.717) is 24.5 Å².